The molecule has 0 aromatic heterocycles. The summed E-state index contributed by atoms with van der Waals surface area (Å²) >= 11 is 0. The minimum absolute atomic E-state index is 0.0597. The Labute approximate surface area is 113 Å². The summed E-state index contributed by atoms with van der Waals surface area (Å²) in [5.74, 6) is 0.908. The Balaban J connectivity index is 1.65. The van der Waals surface area contributed by atoms with E-state index < -0.39 is 0 Å². The van der Waals surface area contributed by atoms with Crippen LogP contribution in [0.4, 0.5) is 0 Å². The predicted octanol–water partition coefficient (Wildman–Crippen LogP) is 1.74. The van der Waals surface area contributed by atoms with E-state index in [0.717, 1.165) is 25.1 Å². The molecule has 0 amide bonds. The maximum atomic E-state index is 12.3. The number of nitrogens with zero attached hydrogens (tertiary/aromatic N) is 1. The highest BCUT2D eigenvalue weighted by Crippen LogP contribution is 2.27. The van der Waals surface area contributed by atoms with Gasteiger partial charge in [-0.2, -0.15) is 0 Å². The van der Waals surface area contributed by atoms with Crippen molar-refractivity contribution in [2.45, 2.75) is 25.0 Å². The van der Waals surface area contributed by atoms with E-state index in [0.29, 0.717) is 24.8 Å². The lowest BCUT2D eigenvalue weighted by Gasteiger charge is -2.29. The second kappa shape index (κ2) is 5.31. The highest BCUT2D eigenvalue weighted by molar-refractivity contribution is 5.99. The summed E-state index contributed by atoms with van der Waals surface area (Å²) in [7, 11) is 2.01. The lowest BCUT2D eigenvalue weighted by atomic mass is 10.0. The van der Waals surface area contributed by atoms with E-state index in [1.54, 1.807) is 0 Å². The molecule has 3 rings (SSSR count). The molecule has 0 spiro atoms. The molecule has 1 aromatic carbocycles. The molecular weight excluding hydrogens is 242 g/mol. The van der Waals surface area contributed by atoms with Crippen molar-refractivity contribution in [2.75, 3.05) is 26.7 Å². The van der Waals surface area contributed by atoms with Gasteiger partial charge in [0.25, 0.3) is 0 Å². The second-order valence-electron chi connectivity index (χ2n) is 5.33. The molecule has 0 bridgehead atoms. The summed E-state index contributed by atoms with van der Waals surface area (Å²) in [6.07, 6.45) is 2.33. The number of carbonyl (C=O) groups excluding carboxylic acids is 1. The average molecular weight is 261 g/mol. The monoisotopic (exact) mass is 261 g/mol. The zero-order chi connectivity index (χ0) is 13.2. The molecule has 2 fully saturated rings. The SMILES string of the molecule is CN1CCOC(C(=O)c2ccc(OC3CC3)cc2)C1. The molecule has 1 unspecified atom stereocenters. The molecule has 4 heteroatoms. The van der Waals surface area contributed by atoms with Crippen LogP contribution in [-0.2, 0) is 4.74 Å². The van der Waals surface area contributed by atoms with Gasteiger partial charge in [0.15, 0.2) is 5.78 Å². The van der Waals surface area contributed by atoms with E-state index in [1.807, 2.05) is 31.3 Å². The van der Waals surface area contributed by atoms with Gasteiger partial charge >= 0.3 is 0 Å². The van der Waals surface area contributed by atoms with Crippen molar-refractivity contribution >= 4 is 5.78 Å². The highest BCUT2D eigenvalue weighted by Gasteiger charge is 2.26. The molecule has 1 atom stereocenters. The molecule has 1 heterocycles. The number of hydrogen-bond acceptors (Lipinski definition) is 4. The molecule has 1 aromatic rings. The van der Waals surface area contributed by atoms with E-state index in [4.69, 9.17) is 9.47 Å². The van der Waals surface area contributed by atoms with Gasteiger partial charge in [-0.25, -0.2) is 0 Å². The summed E-state index contributed by atoms with van der Waals surface area (Å²) < 4.78 is 11.2. The Hall–Kier alpha value is -1.39. The lowest BCUT2D eigenvalue weighted by Crippen LogP contribution is -2.44. The van der Waals surface area contributed by atoms with E-state index in [9.17, 15) is 4.79 Å². The first-order chi connectivity index (χ1) is 9.22. The highest BCUT2D eigenvalue weighted by atomic mass is 16.5. The van der Waals surface area contributed by atoms with Gasteiger partial charge in [0.05, 0.1) is 12.7 Å². The average Bonchev–Trinajstić information content (AvgIpc) is 3.23. The quantitative estimate of drug-likeness (QED) is 0.774. The van der Waals surface area contributed by atoms with Crippen molar-refractivity contribution in [3.8, 4) is 5.75 Å². The summed E-state index contributed by atoms with van der Waals surface area (Å²) in [5, 5.41) is 0. The molecule has 2 aliphatic rings. The topological polar surface area (TPSA) is 38.8 Å². The second-order valence-corrected chi connectivity index (χ2v) is 5.33. The van der Waals surface area contributed by atoms with E-state index in [2.05, 4.69) is 4.90 Å². The smallest absolute Gasteiger partial charge is 0.192 e. The van der Waals surface area contributed by atoms with Gasteiger partial charge in [-0.3, -0.25) is 4.79 Å². The predicted molar refractivity (Wildman–Crippen MR) is 71.7 cm³/mol. The van der Waals surface area contributed by atoms with Crippen LogP contribution in [0.15, 0.2) is 24.3 Å². The van der Waals surface area contributed by atoms with Crippen molar-refractivity contribution in [2.24, 2.45) is 0 Å². The van der Waals surface area contributed by atoms with Gasteiger partial charge in [-0.1, -0.05) is 0 Å². The number of ketones is 1. The van der Waals surface area contributed by atoms with Gasteiger partial charge < -0.3 is 14.4 Å². The number of likely N-dealkylation sites (N-methyl/N-ethyl adjacent to an activating group) is 1. The van der Waals surface area contributed by atoms with Gasteiger partial charge in [-0.05, 0) is 44.2 Å². The molecule has 0 radical (unpaired) electrons. The summed E-state index contributed by atoms with van der Waals surface area (Å²) in [6, 6.07) is 7.41. The Morgan fingerprint density at radius 3 is 2.68 bits per heavy atom. The van der Waals surface area contributed by atoms with Gasteiger partial charge in [0.2, 0.25) is 0 Å². The molecule has 102 valence electrons. The third-order valence-electron chi connectivity index (χ3n) is 3.53. The molecule has 1 aliphatic carbocycles. The number of hydrogen-bond donors (Lipinski definition) is 0. The van der Waals surface area contributed by atoms with Crippen molar-refractivity contribution in [1.82, 2.24) is 4.90 Å². The van der Waals surface area contributed by atoms with Gasteiger partial charge in [0.1, 0.15) is 11.9 Å². The minimum Gasteiger partial charge on any atom is -0.490 e. The van der Waals surface area contributed by atoms with Crippen molar-refractivity contribution in [3.05, 3.63) is 29.8 Å². The Morgan fingerprint density at radius 2 is 2.05 bits per heavy atom. The number of ether oxygens (including phenoxy) is 2. The fourth-order valence-electron chi connectivity index (χ4n) is 2.20. The van der Waals surface area contributed by atoms with Crippen LogP contribution in [0, 0.1) is 0 Å². The van der Waals surface area contributed by atoms with E-state index in [1.165, 1.54) is 0 Å². The summed E-state index contributed by atoms with van der Waals surface area (Å²) in [4.78, 5) is 14.4. The molecule has 19 heavy (non-hydrogen) atoms. The normalized spacial score (nSPS) is 24.2. The molecular formula is C15H19NO3. The zero-order valence-corrected chi connectivity index (χ0v) is 11.2. The standard InChI is InChI=1S/C15H19NO3/c1-16-8-9-18-14(10-16)15(17)11-2-4-12(5-3-11)19-13-6-7-13/h2-5,13-14H,6-10H2,1H3. The van der Waals surface area contributed by atoms with Crippen LogP contribution in [-0.4, -0.2) is 49.6 Å². The molecule has 1 saturated carbocycles. The van der Waals surface area contributed by atoms with Crippen LogP contribution in [0.25, 0.3) is 0 Å². The van der Waals surface area contributed by atoms with Crippen LogP contribution in [0.5, 0.6) is 5.75 Å². The van der Waals surface area contributed by atoms with E-state index >= 15 is 0 Å². The maximum Gasteiger partial charge on any atom is 0.192 e. The third-order valence-corrected chi connectivity index (χ3v) is 3.53. The first kappa shape index (κ1) is 12.6. The number of benzene rings is 1. The Morgan fingerprint density at radius 1 is 1.32 bits per heavy atom. The summed E-state index contributed by atoms with van der Waals surface area (Å²) in [6.45, 7) is 2.17. The fraction of sp³-hybridized carbons (Fsp3) is 0.533. The van der Waals surface area contributed by atoms with Crippen LogP contribution in [0.1, 0.15) is 23.2 Å². The van der Waals surface area contributed by atoms with Gasteiger partial charge in [0, 0.05) is 18.7 Å². The van der Waals surface area contributed by atoms with E-state index in [-0.39, 0.29) is 11.9 Å². The van der Waals surface area contributed by atoms with Crippen LogP contribution in [0.2, 0.25) is 0 Å². The van der Waals surface area contributed by atoms with Crippen LogP contribution < -0.4 is 4.74 Å². The number of carbonyl (C=O) groups is 1. The number of rotatable bonds is 4. The molecule has 4 nitrogen and oxygen atoms in total. The molecule has 1 aliphatic heterocycles. The lowest BCUT2D eigenvalue weighted by molar-refractivity contribution is -0.00862. The van der Waals surface area contributed by atoms with Crippen molar-refractivity contribution < 1.29 is 14.3 Å². The summed E-state index contributed by atoms with van der Waals surface area (Å²) in [5.41, 5.74) is 0.698. The fourth-order valence-corrected chi connectivity index (χ4v) is 2.20. The van der Waals surface area contributed by atoms with Crippen LogP contribution in [0.3, 0.4) is 0 Å². The largest absolute Gasteiger partial charge is 0.490 e. The van der Waals surface area contributed by atoms with Crippen molar-refractivity contribution in [1.29, 1.82) is 0 Å². The zero-order valence-electron chi connectivity index (χ0n) is 11.2. The van der Waals surface area contributed by atoms with Crippen molar-refractivity contribution in [3.63, 3.8) is 0 Å². The minimum atomic E-state index is -0.339. The first-order valence-corrected chi connectivity index (χ1v) is 6.83. The Kier molecular flexibility index (Phi) is 3.53. The Bertz CT molecular complexity index is 453. The number of Topliss-reactive ketones (excluding diaryl/α,β-unsaturated/α-hetero) is 1. The molecule has 1 saturated heterocycles. The number of morpholine rings is 1. The third kappa shape index (κ3) is 3.14. The first-order valence-electron chi connectivity index (χ1n) is 6.83. The molecule has 0 N–H and O–H groups in total. The van der Waals surface area contributed by atoms with Gasteiger partial charge in [-0.15, -0.1) is 0 Å². The maximum absolute atomic E-state index is 12.3. The van der Waals surface area contributed by atoms with Crippen LogP contribution >= 0.6 is 0 Å².